The molecule has 0 aliphatic rings. The van der Waals surface area contributed by atoms with Gasteiger partial charge in [0, 0.05) is 34.8 Å². The molecule has 1 atom stereocenters. The molecule has 3 aromatic rings. The van der Waals surface area contributed by atoms with Crippen LogP contribution in [0.25, 0.3) is 10.9 Å². The molecule has 5 heteroatoms. The standard InChI is InChI=1S/C22H26N2O3/c1-6-14(4)18-10-16(24(25)26)9-15(5)22(18)27-17-7-8-21-19(11-17)20(12-23-21)13(2)3/h7-14,23H,6H2,1-5H3. The highest BCUT2D eigenvalue weighted by Gasteiger charge is 2.20. The van der Waals surface area contributed by atoms with Crippen molar-refractivity contribution in [2.75, 3.05) is 0 Å². The Morgan fingerprint density at radius 2 is 1.89 bits per heavy atom. The smallest absolute Gasteiger partial charge is 0.270 e. The maximum Gasteiger partial charge on any atom is 0.270 e. The van der Waals surface area contributed by atoms with Gasteiger partial charge in [0.2, 0.25) is 0 Å². The molecule has 0 saturated carbocycles. The quantitative estimate of drug-likeness (QED) is 0.385. The van der Waals surface area contributed by atoms with Crippen LogP contribution in [0.5, 0.6) is 11.5 Å². The van der Waals surface area contributed by atoms with E-state index in [0.717, 1.165) is 39.9 Å². The van der Waals surface area contributed by atoms with Crippen LogP contribution < -0.4 is 4.74 Å². The fourth-order valence-electron chi connectivity index (χ4n) is 3.39. The first-order chi connectivity index (χ1) is 12.8. The predicted molar refractivity (Wildman–Crippen MR) is 109 cm³/mol. The SMILES string of the molecule is CCC(C)c1cc([N+](=O)[O-])cc(C)c1Oc1ccc2[nH]cc(C(C)C)c2c1. The van der Waals surface area contributed by atoms with Crippen LogP contribution in [0.15, 0.2) is 36.5 Å². The topological polar surface area (TPSA) is 68.2 Å². The van der Waals surface area contributed by atoms with E-state index in [4.69, 9.17) is 4.74 Å². The van der Waals surface area contributed by atoms with E-state index >= 15 is 0 Å². The van der Waals surface area contributed by atoms with Crippen molar-refractivity contribution in [2.45, 2.75) is 52.9 Å². The van der Waals surface area contributed by atoms with E-state index in [1.807, 2.05) is 31.3 Å². The van der Waals surface area contributed by atoms with Crippen molar-refractivity contribution in [3.8, 4) is 11.5 Å². The van der Waals surface area contributed by atoms with Gasteiger partial charge in [-0.05, 0) is 54.5 Å². The lowest BCUT2D eigenvalue weighted by molar-refractivity contribution is -0.385. The van der Waals surface area contributed by atoms with E-state index in [1.54, 1.807) is 12.1 Å². The lowest BCUT2D eigenvalue weighted by Gasteiger charge is -2.18. The first-order valence-corrected chi connectivity index (χ1v) is 9.39. The summed E-state index contributed by atoms with van der Waals surface area (Å²) < 4.78 is 6.27. The Balaban J connectivity index is 2.08. The van der Waals surface area contributed by atoms with Crippen LogP contribution in [0.2, 0.25) is 0 Å². The number of nitrogens with zero attached hydrogens (tertiary/aromatic N) is 1. The summed E-state index contributed by atoms with van der Waals surface area (Å²) in [5.41, 5.74) is 4.09. The van der Waals surface area contributed by atoms with Crippen molar-refractivity contribution in [1.29, 1.82) is 0 Å². The number of aromatic nitrogens is 1. The molecule has 1 unspecified atom stereocenters. The molecule has 0 aliphatic heterocycles. The van der Waals surface area contributed by atoms with Gasteiger partial charge in [-0.15, -0.1) is 0 Å². The second kappa shape index (κ2) is 7.43. The van der Waals surface area contributed by atoms with Gasteiger partial charge >= 0.3 is 0 Å². The number of non-ortho nitro benzene ring substituents is 1. The number of nitro groups is 1. The number of rotatable bonds is 6. The van der Waals surface area contributed by atoms with E-state index in [-0.39, 0.29) is 16.5 Å². The number of ether oxygens (including phenoxy) is 1. The van der Waals surface area contributed by atoms with E-state index in [9.17, 15) is 10.1 Å². The van der Waals surface area contributed by atoms with E-state index in [2.05, 4.69) is 32.7 Å². The predicted octanol–water partition coefficient (Wildman–Crippen LogP) is 6.81. The Morgan fingerprint density at radius 1 is 1.15 bits per heavy atom. The molecule has 1 N–H and O–H groups in total. The molecule has 1 aromatic heterocycles. The van der Waals surface area contributed by atoms with Gasteiger partial charge in [-0.2, -0.15) is 0 Å². The van der Waals surface area contributed by atoms with E-state index in [0.29, 0.717) is 5.92 Å². The molecule has 0 amide bonds. The second-order valence-corrected chi connectivity index (χ2v) is 7.46. The van der Waals surface area contributed by atoms with Gasteiger partial charge in [-0.25, -0.2) is 0 Å². The first-order valence-electron chi connectivity index (χ1n) is 9.39. The maximum absolute atomic E-state index is 11.3. The van der Waals surface area contributed by atoms with Crippen LogP contribution in [0.3, 0.4) is 0 Å². The number of hydrogen-bond donors (Lipinski definition) is 1. The summed E-state index contributed by atoms with van der Waals surface area (Å²) in [6.45, 7) is 10.3. The van der Waals surface area contributed by atoms with Gasteiger partial charge in [0.25, 0.3) is 5.69 Å². The molecule has 0 saturated heterocycles. The molecule has 0 spiro atoms. The fraction of sp³-hybridized carbons (Fsp3) is 0.364. The molecular formula is C22H26N2O3. The Bertz CT molecular complexity index is 989. The normalized spacial score (nSPS) is 12.5. The van der Waals surface area contributed by atoms with Crippen LogP contribution in [0.4, 0.5) is 5.69 Å². The van der Waals surface area contributed by atoms with Crippen molar-refractivity contribution in [2.24, 2.45) is 0 Å². The third kappa shape index (κ3) is 3.68. The van der Waals surface area contributed by atoms with Gasteiger partial charge in [-0.3, -0.25) is 10.1 Å². The Kier molecular flexibility index (Phi) is 5.22. The summed E-state index contributed by atoms with van der Waals surface area (Å²) in [4.78, 5) is 14.2. The maximum atomic E-state index is 11.3. The molecule has 0 aliphatic carbocycles. The molecule has 27 heavy (non-hydrogen) atoms. The highest BCUT2D eigenvalue weighted by atomic mass is 16.6. The van der Waals surface area contributed by atoms with Gasteiger partial charge in [0.05, 0.1) is 4.92 Å². The van der Waals surface area contributed by atoms with Crippen LogP contribution in [-0.4, -0.2) is 9.91 Å². The highest BCUT2D eigenvalue weighted by molar-refractivity contribution is 5.85. The fourth-order valence-corrected chi connectivity index (χ4v) is 3.39. The van der Waals surface area contributed by atoms with Crippen LogP contribution >= 0.6 is 0 Å². The summed E-state index contributed by atoms with van der Waals surface area (Å²) in [6.07, 6.45) is 2.92. The third-order valence-corrected chi connectivity index (χ3v) is 5.17. The average molecular weight is 366 g/mol. The van der Waals surface area contributed by atoms with E-state index < -0.39 is 0 Å². The number of nitro benzene ring substituents is 1. The van der Waals surface area contributed by atoms with Gasteiger partial charge < -0.3 is 9.72 Å². The first kappa shape index (κ1) is 19.0. The molecule has 142 valence electrons. The zero-order valence-electron chi connectivity index (χ0n) is 16.5. The summed E-state index contributed by atoms with van der Waals surface area (Å²) >= 11 is 0. The molecule has 0 radical (unpaired) electrons. The van der Waals surface area contributed by atoms with Crippen molar-refractivity contribution >= 4 is 16.6 Å². The van der Waals surface area contributed by atoms with Gasteiger partial charge in [0.15, 0.2) is 0 Å². The van der Waals surface area contributed by atoms with Crippen LogP contribution in [0, 0.1) is 17.0 Å². The van der Waals surface area contributed by atoms with Crippen LogP contribution in [0.1, 0.15) is 62.6 Å². The molecule has 0 fully saturated rings. The number of nitrogens with one attached hydrogen (secondary N) is 1. The summed E-state index contributed by atoms with van der Waals surface area (Å²) in [6, 6.07) is 9.22. The zero-order chi connectivity index (χ0) is 19.7. The molecule has 2 aromatic carbocycles. The number of aryl methyl sites for hydroxylation is 1. The number of fused-ring (bicyclic) bond motifs is 1. The van der Waals surface area contributed by atoms with Crippen molar-refractivity contribution < 1.29 is 9.66 Å². The zero-order valence-corrected chi connectivity index (χ0v) is 16.5. The molecule has 5 nitrogen and oxygen atoms in total. The summed E-state index contributed by atoms with van der Waals surface area (Å²) in [7, 11) is 0. The van der Waals surface area contributed by atoms with Gasteiger partial charge in [-0.1, -0.05) is 27.7 Å². The lowest BCUT2D eigenvalue weighted by Crippen LogP contribution is -2.01. The summed E-state index contributed by atoms with van der Waals surface area (Å²) in [5, 5.41) is 12.4. The lowest BCUT2D eigenvalue weighted by atomic mass is 9.95. The highest BCUT2D eigenvalue weighted by Crippen LogP contribution is 2.39. The molecular weight excluding hydrogens is 340 g/mol. The Labute approximate surface area is 159 Å². The average Bonchev–Trinajstić information content (AvgIpc) is 3.05. The number of H-pyrrole nitrogens is 1. The molecule has 0 bridgehead atoms. The minimum atomic E-state index is -0.344. The van der Waals surface area contributed by atoms with Crippen molar-refractivity contribution in [3.63, 3.8) is 0 Å². The Hall–Kier alpha value is -2.82. The second-order valence-electron chi connectivity index (χ2n) is 7.46. The monoisotopic (exact) mass is 366 g/mol. The van der Waals surface area contributed by atoms with Crippen molar-refractivity contribution in [1.82, 2.24) is 4.98 Å². The number of benzene rings is 2. The van der Waals surface area contributed by atoms with Gasteiger partial charge in [0.1, 0.15) is 11.5 Å². The minimum Gasteiger partial charge on any atom is -0.457 e. The Morgan fingerprint density at radius 3 is 2.52 bits per heavy atom. The summed E-state index contributed by atoms with van der Waals surface area (Å²) in [5.74, 6) is 2.04. The molecule has 3 rings (SSSR count). The van der Waals surface area contributed by atoms with Crippen molar-refractivity contribution in [3.05, 3.63) is 63.3 Å². The third-order valence-electron chi connectivity index (χ3n) is 5.17. The number of hydrogen-bond acceptors (Lipinski definition) is 3. The van der Waals surface area contributed by atoms with Crippen LogP contribution in [-0.2, 0) is 0 Å². The molecule has 1 heterocycles. The minimum absolute atomic E-state index is 0.110. The largest absolute Gasteiger partial charge is 0.457 e. The number of aromatic amines is 1. The van der Waals surface area contributed by atoms with E-state index in [1.165, 1.54) is 5.56 Å².